The zero-order valence-electron chi connectivity index (χ0n) is 6.44. The van der Waals surface area contributed by atoms with Gasteiger partial charge in [0.25, 0.3) is 0 Å². The van der Waals surface area contributed by atoms with Crippen LogP contribution in [0, 0.1) is 0 Å². The largest absolute Gasteiger partial charge is 0.378 e. The zero-order chi connectivity index (χ0) is 11.4. The molecular formula is C6H4F8. The van der Waals surface area contributed by atoms with Gasteiger partial charge in [0.2, 0.25) is 0 Å². The minimum Gasteiger partial charge on any atom is -0.200 e. The summed E-state index contributed by atoms with van der Waals surface area (Å²) in [6.07, 6.45) is -3.91. The third-order valence-electron chi connectivity index (χ3n) is 2.07. The second kappa shape index (κ2) is 2.52. The van der Waals surface area contributed by atoms with Crippen molar-refractivity contribution in [2.24, 2.45) is 0 Å². The number of hydrogen-bond acceptors (Lipinski definition) is 0. The van der Waals surface area contributed by atoms with Crippen LogP contribution in [0.25, 0.3) is 0 Å². The zero-order valence-corrected chi connectivity index (χ0v) is 6.44. The first-order valence-corrected chi connectivity index (χ1v) is 3.47. The summed E-state index contributed by atoms with van der Waals surface area (Å²) in [6, 6.07) is 0. The van der Waals surface area contributed by atoms with E-state index in [1.165, 1.54) is 0 Å². The molecule has 0 aromatic carbocycles. The smallest absolute Gasteiger partial charge is 0.200 e. The fourth-order valence-corrected chi connectivity index (χ4v) is 1.09. The molecular weight excluding hydrogens is 224 g/mol. The maximum absolute atomic E-state index is 12.3. The number of halogens is 8. The van der Waals surface area contributed by atoms with Crippen LogP contribution in [-0.4, -0.2) is 23.7 Å². The Morgan fingerprint density at radius 1 is 0.500 bits per heavy atom. The lowest BCUT2D eigenvalue weighted by atomic mass is 9.86. The van der Waals surface area contributed by atoms with Gasteiger partial charge in [-0.25, -0.2) is 0 Å². The highest BCUT2D eigenvalue weighted by Crippen LogP contribution is 2.59. The first-order chi connectivity index (χ1) is 5.96. The molecule has 0 radical (unpaired) electrons. The highest BCUT2D eigenvalue weighted by molar-refractivity contribution is 5.08. The van der Waals surface area contributed by atoms with Gasteiger partial charge in [0.15, 0.2) is 0 Å². The summed E-state index contributed by atoms with van der Waals surface area (Å²) < 4.78 is 98.1. The molecule has 0 aromatic heterocycles. The standard InChI is InChI=1S/C6H4F8/c7-3(8)1-2-4(9,10)6(13,14)5(3,11)12/h1-2H2. The van der Waals surface area contributed by atoms with Crippen molar-refractivity contribution < 1.29 is 35.1 Å². The fourth-order valence-electron chi connectivity index (χ4n) is 1.09. The maximum atomic E-state index is 12.3. The molecule has 0 nitrogen and oxygen atoms in total. The van der Waals surface area contributed by atoms with Gasteiger partial charge in [-0.2, -0.15) is 35.1 Å². The highest BCUT2D eigenvalue weighted by Gasteiger charge is 2.83. The van der Waals surface area contributed by atoms with Crippen LogP contribution in [-0.2, 0) is 0 Å². The maximum Gasteiger partial charge on any atom is 0.378 e. The van der Waals surface area contributed by atoms with Crippen LogP contribution in [0.2, 0.25) is 0 Å². The minimum atomic E-state index is -6.01. The van der Waals surface area contributed by atoms with Crippen LogP contribution in [0.4, 0.5) is 35.1 Å². The van der Waals surface area contributed by atoms with Crippen LogP contribution in [0.15, 0.2) is 0 Å². The molecule has 0 spiro atoms. The van der Waals surface area contributed by atoms with E-state index in [0.717, 1.165) is 0 Å². The van der Waals surface area contributed by atoms with Gasteiger partial charge in [0.05, 0.1) is 0 Å². The number of alkyl halides is 8. The molecule has 0 heterocycles. The van der Waals surface area contributed by atoms with Crippen molar-refractivity contribution in [3.8, 4) is 0 Å². The molecule has 0 bridgehead atoms. The van der Waals surface area contributed by atoms with E-state index >= 15 is 0 Å². The molecule has 0 aromatic rings. The lowest BCUT2D eigenvalue weighted by Crippen LogP contribution is -2.66. The summed E-state index contributed by atoms with van der Waals surface area (Å²) in [4.78, 5) is 0. The van der Waals surface area contributed by atoms with Crippen LogP contribution in [0.5, 0.6) is 0 Å². The molecule has 1 fully saturated rings. The van der Waals surface area contributed by atoms with Crippen molar-refractivity contribution in [2.45, 2.75) is 36.5 Å². The number of hydrogen-bond donors (Lipinski definition) is 0. The summed E-state index contributed by atoms with van der Waals surface area (Å²) in [5, 5.41) is 0. The Morgan fingerprint density at radius 2 is 0.714 bits per heavy atom. The summed E-state index contributed by atoms with van der Waals surface area (Å²) in [5.74, 6) is -22.2. The Kier molecular flexibility index (Phi) is 2.07. The van der Waals surface area contributed by atoms with E-state index in [1.54, 1.807) is 0 Å². The second-order valence-electron chi connectivity index (χ2n) is 3.06. The molecule has 8 heteroatoms. The van der Waals surface area contributed by atoms with Gasteiger partial charge in [0, 0.05) is 12.8 Å². The van der Waals surface area contributed by atoms with E-state index in [-0.39, 0.29) is 0 Å². The molecule has 1 aliphatic carbocycles. The topological polar surface area (TPSA) is 0 Å². The highest BCUT2D eigenvalue weighted by atomic mass is 19.4. The van der Waals surface area contributed by atoms with Gasteiger partial charge in [-0.15, -0.1) is 0 Å². The van der Waals surface area contributed by atoms with Crippen molar-refractivity contribution >= 4 is 0 Å². The Bertz CT molecular complexity index is 216. The first-order valence-electron chi connectivity index (χ1n) is 3.47. The summed E-state index contributed by atoms with van der Waals surface area (Å²) >= 11 is 0. The van der Waals surface area contributed by atoms with Gasteiger partial charge in [-0.1, -0.05) is 0 Å². The molecule has 0 aliphatic heterocycles. The molecule has 1 rings (SSSR count). The molecule has 0 saturated heterocycles. The van der Waals surface area contributed by atoms with E-state index in [0.29, 0.717) is 0 Å². The molecule has 84 valence electrons. The summed E-state index contributed by atoms with van der Waals surface area (Å²) in [6.45, 7) is 0. The van der Waals surface area contributed by atoms with E-state index in [4.69, 9.17) is 0 Å². The second-order valence-corrected chi connectivity index (χ2v) is 3.06. The molecule has 0 N–H and O–H groups in total. The SMILES string of the molecule is FC1(F)CCC(F)(F)C(F)(F)C1(F)F. The fraction of sp³-hybridized carbons (Fsp3) is 1.00. The Hall–Kier alpha value is -0.560. The first kappa shape index (κ1) is 11.5. The number of rotatable bonds is 0. The van der Waals surface area contributed by atoms with Gasteiger partial charge in [0.1, 0.15) is 0 Å². The molecule has 14 heavy (non-hydrogen) atoms. The molecule has 0 atom stereocenters. The third-order valence-corrected chi connectivity index (χ3v) is 2.07. The normalized spacial score (nSPS) is 32.6. The van der Waals surface area contributed by atoms with Crippen LogP contribution in [0.3, 0.4) is 0 Å². The van der Waals surface area contributed by atoms with Crippen molar-refractivity contribution in [3.05, 3.63) is 0 Å². The lowest BCUT2D eigenvalue weighted by molar-refractivity contribution is -0.391. The minimum absolute atomic E-state index is 1.96. The van der Waals surface area contributed by atoms with E-state index in [2.05, 4.69) is 0 Å². The van der Waals surface area contributed by atoms with Crippen molar-refractivity contribution in [1.29, 1.82) is 0 Å². The van der Waals surface area contributed by atoms with Crippen molar-refractivity contribution in [2.75, 3.05) is 0 Å². The van der Waals surface area contributed by atoms with Gasteiger partial charge in [-0.3, -0.25) is 0 Å². The van der Waals surface area contributed by atoms with Crippen LogP contribution < -0.4 is 0 Å². The van der Waals surface area contributed by atoms with Gasteiger partial charge < -0.3 is 0 Å². The molecule has 0 unspecified atom stereocenters. The van der Waals surface area contributed by atoms with Crippen LogP contribution in [0.1, 0.15) is 12.8 Å². The predicted molar refractivity (Wildman–Crippen MR) is 29.0 cm³/mol. The van der Waals surface area contributed by atoms with Crippen LogP contribution >= 0.6 is 0 Å². The Balaban J connectivity index is 3.20. The monoisotopic (exact) mass is 228 g/mol. The average Bonchev–Trinajstić information content (AvgIpc) is 1.98. The Labute approximate surface area is 72.9 Å². The molecule has 0 amide bonds. The molecule has 1 aliphatic rings. The van der Waals surface area contributed by atoms with E-state index in [9.17, 15) is 35.1 Å². The van der Waals surface area contributed by atoms with Gasteiger partial charge in [-0.05, 0) is 0 Å². The van der Waals surface area contributed by atoms with E-state index < -0.39 is 36.5 Å². The Morgan fingerprint density at radius 3 is 0.929 bits per heavy atom. The molecule has 1 saturated carbocycles. The quantitative estimate of drug-likeness (QED) is 0.558. The lowest BCUT2D eigenvalue weighted by Gasteiger charge is -2.41. The van der Waals surface area contributed by atoms with Gasteiger partial charge >= 0.3 is 23.7 Å². The average molecular weight is 228 g/mol. The van der Waals surface area contributed by atoms with Crippen molar-refractivity contribution in [1.82, 2.24) is 0 Å². The summed E-state index contributed by atoms with van der Waals surface area (Å²) in [5.41, 5.74) is 0. The third kappa shape index (κ3) is 1.12. The predicted octanol–water partition coefficient (Wildman–Crippen LogP) is 3.32. The summed E-state index contributed by atoms with van der Waals surface area (Å²) in [7, 11) is 0. The van der Waals surface area contributed by atoms with E-state index in [1.807, 2.05) is 0 Å². The van der Waals surface area contributed by atoms with Crippen molar-refractivity contribution in [3.63, 3.8) is 0 Å².